The van der Waals surface area contributed by atoms with Crippen LogP contribution in [0.25, 0.3) is 16.3 Å². The number of anilines is 1. The Morgan fingerprint density at radius 1 is 0.892 bits per heavy atom. The zero-order valence-corrected chi connectivity index (χ0v) is 22.5. The van der Waals surface area contributed by atoms with Gasteiger partial charge in [0.15, 0.2) is 5.70 Å². The first-order valence-electron chi connectivity index (χ1n) is 12.2. The zero-order chi connectivity index (χ0) is 26.8. The number of rotatable bonds is 5. The second-order valence-electron chi connectivity index (χ2n) is 9.55. The van der Waals surface area contributed by atoms with Crippen LogP contribution in [0, 0.1) is 6.92 Å². The minimum absolute atomic E-state index is 0.178. The van der Waals surface area contributed by atoms with E-state index < -0.39 is 10.1 Å². The molecule has 4 aromatic carbocycles. The molecule has 6 heteroatoms. The minimum atomic E-state index is -4.27. The van der Waals surface area contributed by atoms with E-state index in [1.165, 1.54) is 45.4 Å². The molecule has 0 radical (unpaired) electrons. The Hall–Kier alpha value is -3.71. The lowest BCUT2D eigenvalue weighted by atomic mass is 9.96. The number of benzene rings is 4. The van der Waals surface area contributed by atoms with Crippen molar-refractivity contribution in [3.63, 3.8) is 0 Å². The van der Waals surface area contributed by atoms with Gasteiger partial charge in [-0.15, -0.1) is 0 Å². The van der Waals surface area contributed by atoms with Crippen molar-refractivity contribution >= 4 is 37.8 Å². The summed E-state index contributed by atoms with van der Waals surface area (Å²) in [6.07, 6.45) is 0.980. The summed E-state index contributed by atoms with van der Waals surface area (Å²) in [7, 11) is 0.237. The molecular formula is C31H32N2O3S. The van der Waals surface area contributed by atoms with Crippen molar-refractivity contribution in [2.45, 2.75) is 25.2 Å². The van der Waals surface area contributed by atoms with Gasteiger partial charge in [-0.1, -0.05) is 73.7 Å². The maximum Gasteiger partial charge on any atom is 0.164 e. The Balaban J connectivity index is 0.000000245. The molecule has 5 rings (SSSR count). The predicted octanol–water partition coefficient (Wildman–Crippen LogP) is 7.07. The number of aryl methyl sites for hydroxylation is 1. The van der Waals surface area contributed by atoms with E-state index in [0.29, 0.717) is 4.48 Å². The molecule has 0 saturated heterocycles. The summed E-state index contributed by atoms with van der Waals surface area (Å²) in [6, 6.07) is 29.2. The molecule has 1 aliphatic heterocycles. The molecule has 0 fully saturated rings. The molecule has 0 amide bonds. The van der Waals surface area contributed by atoms with Crippen molar-refractivity contribution in [1.82, 2.24) is 4.48 Å². The smallest absolute Gasteiger partial charge is 0.164 e. The van der Waals surface area contributed by atoms with Gasteiger partial charge in [0.25, 0.3) is 0 Å². The highest BCUT2D eigenvalue weighted by Gasteiger charge is 2.41. The molecule has 0 saturated carbocycles. The average molecular weight is 513 g/mol. The van der Waals surface area contributed by atoms with E-state index in [2.05, 4.69) is 81.4 Å². The number of hydrogen-bond donors (Lipinski definition) is 1. The number of para-hydroxylation sites is 1. The SMILES string of the molecule is C=C(Nc1ccccc1)C1=C(CC)c2c(ccc3ccccc23)[N+]1(C)C.Cc1ccc(S(=O)(=O)[O-])cc1. The van der Waals surface area contributed by atoms with Crippen molar-refractivity contribution in [3.05, 3.63) is 120 Å². The summed E-state index contributed by atoms with van der Waals surface area (Å²) in [6.45, 7) is 8.46. The van der Waals surface area contributed by atoms with E-state index >= 15 is 0 Å². The maximum atomic E-state index is 10.4. The van der Waals surface area contributed by atoms with E-state index in [9.17, 15) is 13.0 Å². The molecule has 37 heavy (non-hydrogen) atoms. The van der Waals surface area contributed by atoms with Crippen molar-refractivity contribution in [3.8, 4) is 0 Å². The van der Waals surface area contributed by atoms with E-state index in [0.717, 1.165) is 23.4 Å². The fourth-order valence-corrected chi connectivity index (χ4v) is 5.41. The van der Waals surface area contributed by atoms with Crippen molar-refractivity contribution in [1.29, 1.82) is 0 Å². The lowest BCUT2D eigenvalue weighted by Gasteiger charge is -2.29. The molecule has 1 aliphatic rings. The average Bonchev–Trinajstić information content (AvgIpc) is 3.11. The first-order chi connectivity index (χ1) is 17.5. The first-order valence-corrected chi connectivity index (χ1v) is 13.6. The molecule has 0 bridgehead atoms. The van der Waals surface area contributed by atoms with Crippen LogP contribution in [0.3, 0.4) is 0 Å². The summed E-state index contributed by atoms with van der Waals surface area (Å²) in [5.41, 5.74) is 8.34. The molecule has 0 unspecified atom stereocenters. The standard InChI is InChI=1S/C24H25N2.C7H8O3S/c1-5-20-23-21-14-10-9-11-18(21)15-16-22(23)26(3,4)24(20)17(2)25-19-12-7-6-8-13-19;1-6-2-4-7(5-3-6)11(8,9)10/h6-16,25H,2,5H2,1,3-4H3;2-5H,1H3,(H,8,9,10)/q+1;/p-1. The van der Waals surface area contributed by atoms with E-state index in [4.69, 9.17) is 0 Å². The number of likely N-dealkylation sites (N-methyl/N-ethyl adjacent to an activating group) is 1. The third-order valence-electron chi connectivity index (χ3n) is 6.67. The second-order valence-corrected chi connectivity index (χ2v) is 10.9. The zero-order valence-electron chi connectivity index (χ0n) is 21.7. The van der Waals surface area contributed by atoms with Gasteiger partial charge in [-0.05, 0) is 54.4 Å². The van der Waals surface area contributed by atoms with Crippen molar-refractivity contribution in [2.24, 2.45) is 0 Å². The Kier molecular flexibility index (Phi) is 7.37. The topological polar surface area (TPSA) is 69.2 Å². The summed E-state index contributed by atoms with van der Waals surface area (Å²) in [5, 5.41) is 6.14. The quantitative estimate of drug-likeness (QED) is 0.229. The number of quaternary nitrogens is 1. The Morgan fingerprint density at radius 2 is 1.51 bits per heavy atom. The van der Waals surface area contributed by atoms with Gasteiger partial charge in [0, 0.05) is 17.3 Å². The molecular weight excluding hydrogens is 480 g/mol. The molecule has 0 aromatic heterocycles. The highest BCUT2D eigenvalue weighted by atomic mass is 32.2. The van der Waals surface area contributed by atoms with Gasteiger partial charge in [-0.25, -0.2) is 8.42 Å². The lowest BCUT2D eigenvalue weighted by molar-refractivity contribution is 0.463. The van der Waals surface area contributed by atoms with Crippen LogP contribution in [-0.4, -0.2) is 27.1 Å². The van der Waals surface area contributed by atoms with Crippen molar-refractivity contribution in [2.75, 3.05) is 19.4 Å². The summed E-state index contributed by atoms with van der Waals surface area (Å²) in [5.74, 6) is 0. The monoisotopic (exact) mass is 512 g/mol. The maximum absolute atomic E-state index is 10.4. The van der Waals surface area contributed by atoms with Gasteiger partial charge >= 0.3 is 0 Å². The largest absolute Gasteiger partial charge is 0.744 e. The lowest BCUT2D eigenvalue weighted by Crippen LogP contribution is -2.39. The van der Waals surface area contributed by atoms with Crippen LogP contribution < -0.4 is 9.80 Å². The molecule has 0 aliphatic carbocycles. The summed E-state index contributed by atoms with van der Waals surface area (Å²) >= 11 is 0. The third-order valence-corrected chi connectivity index (χ3v) is 7.52. The Labute approximate surface area is 219 Å². The Bertz CT molecular complexity index is 1590. The summed E-state index contributed by atoms with van der Waals surface area (Å²) < 4.78 is 31.9. The molecule has 1 N–H and O–H groups in total. The summed E-state index contributed by atoms with van der Waals surface area (Å²) in [4.78, 5) is -0.178. The highest BCUT2D eigenvalue weighted by molar-refractivity contribution is 7.85. The van der Waals surface area contributed by atoms with Crippen LogP contribution in [-0.2, 0) is 10.1 Å². The van der Waals surface area contributed by atoms with Crippen LogP contribution in [0.1, 0.15) is 24.5 Å². The van der Waals surface area contributed by atoms with Crippen LogP contribution in [0.2, 0.25) is 0 Å². The van der Waals surface area contributed by atoms with Gasteiger partial charge in [-0.3, -0.25) is 4.48 Å². The van der Waals surface area contributed by atoms with Crippen LogP contribution in [0.4, 0.5) is 11.4 Å². The number of allylic oxidation sites excluding steroid dienone is 1. The number of fused-ring (bicyclic) bond motifs is 3. The van der Waals surface area contributed by atoms with Gasteiger partial charge < -0.3 is 9.87 Å². The molecule has 190 valence electrons. The van der Waals surface area contributed by atoms with Crippen molar-refractivity contribution < 1.29 is 13.0 Å². The second kappa shape index (κ2) is 10.3. The fraction of sp³-hybridized carbons (Fsp3) is 0.161. The minimum Gasteiger partial charge on any atom is -0.744 e. The van der Waals surface area contributed by atoms with Crippen LogP contribution in [0.15, 0.2) is 114 Å². The van der Waals surface area contributed by atoms with Gasteiger partial charge in [0.2, 0.25) is 0 Å². The predicted molar refractivity (Wildman–Crippen MR) is 153 cm³/mol. The van der Waals surface area contributed by atoms with E-state index in [-0.39, 0.29) is 4.90 Å². The van der Waals surface area contributed by atoms with Crippen LogP contribution in [0.5, 0.6) is 0 Å². The number of hydrogen-bond acceptors (Lipinski definition) is 4. The molecule has 0 atom stereocenters. The highest BCUT2D eigenvalue weighted by Crippen LogP contribution is 2.49. The van der Waals surface area contributed by atoms with Gasteiger partial charge in [0.05, 0.1) is 30.3 Å². The first kappa shape index (κ1) is 26.4. The number of nitrogens with zero attached hydrogens (tertiary/aromatic N) is 1. The molecule has 4 aromatic rings. The van der Waals surface area contributed by atoms with Gasteiger partial charge in [0.1, 0.15) is 15.8 Å². The molecule has 0 spiro atoms. The molecule has 1 heterocycles. The number of nitrogens with one attached hydrogen (secondary N) is 1. The van der Waals surface area contributed by atoms with E-state index in [1.54, 1.807) is 12.1 Å². The van der Waals surface area contributed by atoms with E-state index in [1.807, 2.05) is 25.1 Å². The normalized spacial score (nSPS) is 14.1. The third kappa shape index (κ3) is 5.37. The van der Waals surface area contributed by atoms with Gasteiger partial charge in [-0.2, -0.15) is 0 Å². The molecule has 5 nitrogen and oxygen atoms in total. The Morgan fingerprint density at radius 3 is 2.14 bits per heavy atom. The van der Waals surface area contributed by atoms with Crippen LogP contribution >= 0.6 is 0 Å². The fourth-order valence-electron chi connectivity index (χ4n) is 4.94.